The van der Waals surface area contributed by atoms with Crippen LogP contribution in [0, 0.1) is 0 Å². The topological polar surface area (TPSA) is 112 Å². The van der Waals surface area contributed by atoms with Gasteiger partial charge in [0.25, 0.3) is 5.91 Å². The van der Waals surface area contributed by atoms with Gasteiger partial charge in [-0.1, -0.05) is 12.8 Å². The number of carbonyl (C=O) groups is 1. The molecule has 0 radical (unpaired) electrons. The number of nitrogen functional groups attached to an aromatic ring is 1. The minimum atomic E-state index is -0.508. The number of methoxy groups -OCH3 is 2. The second kappa shape index (κ2) is 9.18. The summed E-state index contributed by atoms with van der Waals surface area (Å²) < 4.78 is 22.8. The Balaban J connectivity index is 1.25. The summed E-state index contributed by atoms with van der Waals surface area (Å²) in [5, 5.41) is 0.709. The molecule has 2 saturated heterocycles. The molecule has 3 unspecified atom stereocenters. The molecule has 2 aromatic rings. The second-order valence-corrected chi connectivity index (χ2v) is 8.76. The highest BCUT2D eigenvalue weighted by molar-refractivity contribution is 5.91. The Labute approximate surface area is 192 Å². The first-order valence-corrected chi connectivity index (χ1v) is 11.6. The van der Waals surface area contributed by atoms with Crippen LogP contribution < -0.4 is 20.1 Å². The maximum Gasteiger partial charge on any atom is 0.254 e. The molecule has 3 fully saturated rings. The van der Waals surface area contributed by atoms with Crippen LogP contribution in [-0.2, 0) is 14.3 Å². The van der Waals surface area contributed by atoms with E-state index in [0.717, 1.165) is 19.3 Å². The molecule has 2 N–H and O–H groups in total. The lowest BCUT2D eigenvalue weighted by atomic mass is 9.93. The first-order chi connectivity index (χ1) is 16.1. The van der Waals surface area contributed by atoms with Crippen LogP contribution in [0.3, 0.4) is 0 Å². The molecule has 0 bridgehead atoms. The third-order valence-corrected chi connectivity index (χ3v) is 6.81. The highest BCUT2D eigenvalue weighted by Crippen LogP contribution is 2.34. The summed E-state index contributed by atoms with van der Waals surface area (Å²) in [6, 6.07) is 3.58. The second-order valence-electron chi connectivity index (χ2n) is 8.76. The van der Waals surface area contributed by atoms with E-state index in [2.05, 4.69) is 4.98 Å². The summed E-state index contributed by atoms with van der Waals surface area (Å²) in [5.41, 5.74) is 6.92. The molecule has 178 valence electrons. The van der Waals surface area contributed by atoms with E-state index in [9.17, 15) is 4.79 Å². The highest BCUT2D eigenvalue weighted by atomic mass is 16.6. The van der Waals surface area contributed by atoms with Crippen LogP contribution in [0.15, 0.2) is 12.1 Å². The zero-order valence-corrected chi connectivity index (χ0v) is 19.2. The van der Waals surface area contributed by atoms with Crippen molar-refractivity contribution in [3.05, 3.63) is 12.1 Å². The van der Waals surface area contributed by atoms with E-state index in [4.69, 9.17) is 29.7 Å². The smallest absolute Gasteiger partial charge is 0.254 e. The average molecular weight is 458 g/mol. The van der Waals surface area contributed by atoms with Crippen LogP contribution in [-0.4, -0.2) is 86.1 Å². The van der Waals surface area contributed by atoms with Gasteiger partial charge in [-0.05, 0) is 18.9 Å². The van der Waals surface area contributed by atoms with Crippen molar-refractivity contribution in [2.24, 2.45) is 0 Å². The molecule has 1 amide bonds. The number of amides is 1. The van der Waals surface area contributed by atoms with E-state index in [1.807, 2.05) is 9.80 Å². The predicted molar refractivity (Wildman–Crippen MR) is 123 cm³/mol. The highest BCUT2D eigenvalue weighted by Gasteiger charge is 2.39. The summed E-state index contributed by atoms with van der Waals surface area (Å²) >= 11 is 0. The first kappa shape index (κ1) is 22.0. The van der Waals surface area contributed by atoms with Crippen molar-refractivity contribution in [3.8, 4) is 11.5 Å². The third-order valence-electron chi connectivity index (χ3n) is 6.81. The van der Waals surface area contributed by atoms with Crippen molar-refractivity contribution in [2.75, 3.05) is 57.6 Å². The Kier molecular flexibility index (Phi) is 6.11. The van der Waals surface area contributed by atoms with Crippen molar-refractivity contribution < 1.29 is 23.7 Å². The number of hydrogen-bond donors (Lipinski definition) is 1. The van der Waals surface area contributed by atoms with Crippen LogP contribution >= 0.6 is 0 Å². The molecule has 1 saturated carbocycles. The number of rotatable bonds is 4. The molecule has 1 aromatic carbocycles. The Hall–Kier alpha value is -2.85. The lowest BCUT2D eigenvalue weighted by Crippen LogP contribution is -2.56. The van der Waals surface area contributed by atoms with E-state index in [1.165, 1.54) is 6.42 Å². The molecular weight excluding hydrogens is 426 g/mol. The van der Waals surface area contributed by atoms with Crippen molar-refractivity contribution in [2.45, 2.75) is 44.0 Å². The SMILES string of the molecule is COc1cc2nc(N3CCN(C(=O)C4COC5CCCCC5O4)CC3)nc(N)c2cc1OC. The molecule has 5 rings (SSSR count). The van der Waals surface area contributed by atoms with Crippen molar-refractivity contribution in [3.63, 3.8) is 0 Å². The molecule has 1 aliphatic carbocycles. The molecule has 10 nitrogen and oxygen atoms in total. The van der Waals surface area contributed by atoms with Gasteiger partial charge in [0.1, 0.15) is 5.82 Å². The van der Waals surface area contributed by atoms with Crippen LogP contribution in [0.1, 0.15) is 25.7 Å². The summed E-state index contributed by atoms with van der Waals surface area (Å²) in [6.45, 7) is 2.71. The Bertz CT molecular complexity index is 1030. The fourth-order valence-electron chi connectivity index (χ4n) is 4.94. The minimum absolute atomic E-state index is 0.00875. The Morgan fingerprint density at radius 1 is 1.03 bits per heavy atom. The monoisotopic (exact) mass is 457 g/mol. The zero-order valence-electron chi connectivity index (χ0n) is 19.2. The number of aromatic nitrogens is 2. The molecule has 2 aliphatic heterocycles. The Morgan fingerprint density at radius 3 is 2.45 bits per heavy atom. The Morgan fingerprint density at radius 2 is 1.73 bits per heavy atom. The molecular formula is C23H31N5O5. The number of ether oxygens (including phenoxy) is 4. The van der Waals surface area contributed by atoms with Gasteiger partial charge in [0.05, 0.1) is 38.6 Å². The third kappa shape index (κ3) is 4.24. The van der Waals surface area contributed by atoms with E-state index in [1.54, 1.807) is 26.4 Å². The number of fused-ring (bicyclic) bond motifs is 2. The number of benzene rings is 1. The van der Waals surface area contributed by atoms with Gasteiger partial charge in [0.2, 0.25) is 5.95 Å². The molecule has 3 heterocycles. The lowest BCUT2D eigenvalue weighted by molar-refractivity contribution is -0.201. The first-order valence-electron chi connectivity index (χ1n) is 11.6. The van der Waals surface area contributed by atoms with Gasteiger partial charge in [0.15, 0.2) is 17.6 Å². The molecule has 3 aliphatic rings. The number of anilines is 2. The van der Waals surface area contributed by atoms with Crippen LogP contribution in [0.5, 0.6) is 11.5 Å². The number of hydrogen-bond acceptors (Lipinski definition) is 9. The predicted octanol–water partition coefficient (Wildman–Crippen LogP) is 1.60. The van der Waals surface area contributed by atoms with Gasteiger partial charge in [-0.25, -0.2) is 4.98 Å². The standard InChI is InChI=1S/C23H31N5O5/c1-30-18-11-14-15(12-19(18)31-2)25-23(26-21(14)24)28-9-7-27(8-10-28)22(29)20-13-32-16-5-3-4-6-17(16)33-20/h11-12,16-17,20H,3-10,13H2,1-2H3,(H2,24,25,26). The molecule has 33 heavy (non-hydrogen) atoms. The fourth-order valence-corrected chi connectivity index (χ4v) is 4.94. The van der Waals surface area contributed by atoms with Gasteiger partial charge in [0, 0.05) is 37.6 Å². The average Bonchev–Trinajstić information content (AvgIpc) is 2.87. The number of piperazine rings is 1. The maximum atomic E-state index is 13.1. The van der Waals surface area contributed by atoms with Gasteiger partial charge < -0.3 is 34.5 Å². The lowest BCUT2D eigenvalue weighted by Gasteiger charge is -2.41. The largest absolute Gasteiger partial charge is 0.493 e. The number of nitrogens with two attached hydrogens (primary N) is 1. The molecule has 0 spiro atoms. The summed E-state index contributed by atoms with van der Waals surface area (Å²) in [7, 11) is 3.16. The number of nitrogens with zero attached hydrogens (tertiary/aromatic N) is 4. The maximum absolute atomic E-state index is 13.1. The van der Waals surface area contributed by atoms with E-state index in [-0.39, 0.29) is 18.1 Å². The van der Waals surface area contributed by atoms with Gasteiger partial charge in [-0.2, -0.15) is 4.98 Å². The van der Waals surface area contributed by atoms with Crippen LogP contribution in [0.4, 0.5) is 11.8 Å². The van der Waals surface area contributed by atoms with Crippen molar-refractivity contribution in [1.29, 1.82) is 0 Å². The molecule has 3 atom stereocenters. The van der Waals surface area contributed by atoms with Crippen molar-refractivity contribution >= 4 is 28.6 Å². The molecule has 1 aromatic heterocycles. The summed E-state index contributed by atoms with van der Waals surface area (Å²) in [5.74, 6) is 2.09. The normalized spacial score (nSPS) is 25.6. The number of carbonyl (C=O) groups excluding carboxylic acids is 1. The quantitative estimate of drug-likeness (QED) is 0.731. The minimum Gasteiger partial charge on any atom is -0.493 e. The van der Waals surface area contributed by atoms with Crippen molar-refractivity contribution in [1.82, 2.24) is 14.9 Å². The zero-order chi connectivity index (χ0) is 22.9. The van der Waals surface area contributed by atoms with Gasteiger partial charge in [-0.15, -0.1) is 0 Å². The fraction of sp³-hybridized carbons (Fsp3) is 0.609. The van der Waals surface area contributed by atoms with E-state index < -0.39 is 6.10 Å². The molecule has 10 heteroatoms. The van der Waals surface area contributed by atoms with E-state index in [0.29, 0.717) is 67.0 Å². The summed E-state index contributed by atoms with van der Waals surface area (Å²) in [4.78, 5) is 26.2. The van der Waals surface area contributed by atoms with Gasteiger partial charge >= 0.3 is 0 Å². The van der Waals surface area contributed by atoms with Gasteiger partial charge in [-0.3, -0.25) is 4.79 Å². The van der Waals surface area contributed by atoms with Crippen LogP contribution in [0.25, 0.3) is 10.9 Å². The van der Waals surface area contributed by atoms with E-state index >= 15 is 0 Å². The summed E-state index contributed by atoms with van der Waals surface area (Å²) in [6.07, 6.45) is 3.99. The van der Waals surface area contributed by atoms with Crippen LogP contribution in [0.2, 0.25) is 0 Å².